The zero-order valence-electron chi connectivity index (χ0n) is 11.7. The normalized spacial score (nSPS) is 13.1. The minimum Gasteiger partial charge on any atom is -0.493 e. The number of rotatable bonds is 2. The lowest BCUT2D eigenvalue weighted by Crippen LogP contribution is -2.00. The van der Waals surface area contributed by atoms with Gasteiger partial charge in [0.15, 0.2) is 0 Å². The van der Waals surface area contributed by atoms with Crippen LogP contribution in [0.3, 0.4) is 0 Å². The summed E-state index contributed by atoms with van der Waals surface area (Å²) in [6.07, 6.45) is 2.78. The van der Waals surface area contributed by atoms with Gasteiger partial charge in [-0.15, -0.1) is 0 Å². The van der Waals surface area contributed by atoms with Crippen molar-refractivity contribution in [2.45, 2.75) is 6.42 Å². The van der Waals surface area contributed by atoms with Crippen molar-refractivity contribution in [1.29, 1.82) is 5.26 Å². The van der Waals surface area contributed by atoms with Gasteiger partial charge in [0.25, 0.3) is 0 Å². The van der Waals surface area contributed by atoms with Gasteiger partial charge in [-0.25, -0.2) is 4.79 Å². The molecule has 0 atom stereocenters. The third kappa shape index (κ3) is 2.57. The van der Waals surface area contributed by atoms with E-state index in [2.05, 4.69) is 6.07 Å². The van der Waals surface area contributed by atoms with Gasteiger partial charge < -0.3 is 9.84 Å². The van der Waals surface area contributed by atoms with Gasteiger partial charge >= 0.3 is 5.97 Å². The Hall–Kier alpha value is -3.06. The van der Waals surface area contributed by atoms with Crippen molar-refractivity contribution in [1.82, 2.24) is 0 Å². The van der Waals surface area contributed by atoms with Gasteiger partial charge in [0.2, 0.25) is 0 Å². The fourth-order valence-corrected chi connectivity index (χ4v) is 2.48. The Kier molecular flexibility index (Phi) is 3.63. The van der Waals surface area contributed by atoms with Crippen LogP contribution in [0.1, 0.15) is 33.5 Å². The molecule has 0 radical (unpaired) electrons. The van der Waals surface area contributed by atoms with Crippen LogP contribution in [-0.2, 0) is 0 Å². The molecule has 1 heterocycles. The van der Waals surface area contributed by atoms with Crippen LogP contribution in [0, 0.1) is 11.3 Å². The maximum atomic E-state index is 11.2. The molecule has 4 heteroatoms. The van der Waals surface area contributed by atoms with E-state index >= 15 is 0 Å². The van der Waals surface area contributed by atoms with Gasteiger partial charge in [0.1, 0.15) is 5.75 Å². The molecule has 3 rings (SSSR count). The topological polar surface area (TPSA) is 70.3 Å². The number of carboxylic acid groups (broad SMARTS) is 1. The van der Waals surface area contributed by atoms with Crippen molar-refractivity contribution in [2.75, 3.05) is 6.61 Å². The smallest absolute Gasteiger partial charge is 0.335 e. The summed E-state index contributed by atoms with van der Waals surface area (Å²) >= 11 is 0. The van der Waals surface area contributed by atoms with Gasteiger partial charge in [-0.3, -0.25) is 0 Å². The van der Waals surface area contributed by atoms with Gasteiger partial charge in [-0.05, 0) is 41.5 Å². The molecule has 0 fully saturated rings. The Morgan fingerprint density at radius 1 is 1.18 bits per heavy atom. The highest BCUT2D eigenvalue weighted by molar-refractivity contribution is 5.91. The molecule has 0 saturated carbocycles. The van der Waals surface area contributed by atoms with Crippen molar-refractivity contribution in [3.05, 3.63) is 70.8 Å². The van der Waals surface area contributed by atoms with Crippen LogP contribution in [0.4, 0.5) is 0 Å². The quantitative estimate of drug-likeness (QED) is 0.919. The summed E-state index contributed by atoms with van der Waals surface area (Å²) in [6.45, 7) is 0.555. The van der Waals surface area contributed by atoms with E-state index in [0.717, 1.165) is 23.1 Å². The Labute approximate surface area is 127 Å². The van der Waals surface area contributed by atoms with E-state index in [-0.39, 0.29) is 5.56 Å². The maximum absolute atomic E-state index is 11.2. The summed E-state index contributed by atoms with van der Waals surface area (Å²) in [6, 6.07) is 14.2. The number of hydrogen-bond donors (Lipinski definition) is 1. The zero-order valence-corrected chi connectivity index (χ0v) is 11.7. The second-order valence-electron chi connectivity index (χ2n) is 4.96. The Bertz CT molecular complexity index is 798. The SMILES string of the molecule is N#Cc1ccc(C2=CCCOc3ccc(C(=O)O)cc32)cc1. The molecule has 0 spiro atoms. The summed E-state index contributed by atoms with van der Waals surface area (Å²) in [5.41, 5.74) is 3.45. The minimum absolute atomic E-state index is 0.226. The second-order valence-corrected chi connectivity index (χ2v) is 4.96. The number of benzene rings is 2. The molecule has 0 saturated heterocycles. The predicted molar refractivity (Wildman–Crippen MR) is 81.7 cm³/mol. The average molecular weight is 291 g/mol. The van der Waals surface area contributed by atoms with Crippen molar-refractivity contribution in [2.24, 2.45) is 0 Å². The van der Waals surface area contributed by atoms with Crippen LogP contribution in [0.15, 0.2) is 48.5 Å². The van der Waals surface area contributed by atoms with E-state index in [0.29, 0.717) is 17.9 Å². The third-order valence-electron chi connectivity index (χ3n) is 3.57. The molecule has 1 aliphatic heterocycles. The zero-order chi connectivity index (χ0) is 15.5. The molecule has 0 aromatic heterocycles. The Morgan fingerprint density at radius 3 is 2.64 bits per heavy atom. The van der Waals surface area contributed by atoms with E-state index < -0.39 is 5.97 Å². The van der Waals surface area contributed by atoms with Crippen LogP contribution < -0.4 is 4.74 Å². The maximum Gasteiger partial charge on any atom is 0.335 e. The van der Waals surface area contributed by atoms with E-state index in [1.54, 1.807) is 30.3 Å². The van der Waals surface area contributed by atoms with Crippen molar-refractivity contribution in [3.8, 4) is 11.8 Å². The first-order valence-corrected chi connectivity index (χ1v) is 6.90. The molecule has 2 aromatic rings. The van der Waals surface area contributed by atoms with Crippen LogP contribution in [0.2, 0.25) is 0 Å². The molecule has 22 heavy (non-hydrogen) atoms. The van der Waals surface area contributed by atoms with E-state index in [1.165, 1.54) is 0 Å². The lowest BCUT2D eigenvalue weighted by atomic mass is 9.94. The molecule has 1 N–H and O–H groups in total. The lowest BCUT2D eigenvalue weighted by molar-refractivity contribution is 0.0697. The predicted octanol–water partition coefficient (Wildman–Crippen LogP) is 3.47. The number of fused-ring (bicyclic) bond motifs is 1. The molecular formula is C18H13NO3. The van der Waals surface area contributed by atoms with Crippen molar-refractivity contribution < 1.29 is 14.6 Å². The van der Waals surface area contributed by atoms with Crippen LogP contribution in [-0.4, -0.2) is 17.7 Å². The number of carbonyl (C=O) groups is 1. The molecule has 4 nitrogen and oxygen atoms in total. The number of aromatic carboxylic acids is 1. The fraction of sp³-hybridized carbons (Fsp3) is 0.111. The summed E-state index contributed by atoms with van der Waals surface area (Å²) < 4.78 is 5.68. The number of ether oxygens (including phenoxy) is 1. The van der Waals surface area contributed by atoms with E-state index in [1.807, 2.05) is 18.2 Å². The number of carboxylic acids is 1. The number of hydrogen-bond acceptors (Lipinski definition) is 3. The fourth-order valence-electron chi connectivity index (χ4n) is 2.48. The molecule has 0 unspecified atom stereocenters. The van der Waals surface area contributed by atoms with E-state index in [4.69, 9.17) is 10.00 Å². The van der Waals surface area contributed by atoms with Gasteiger partial charge in [0, 0.05) is 12.0 Å². The molecule has 2 aromatic carbocycles. The lowest BCUT2D eigenvalue weighted by Gasteiger charge is -2.12. The highest BCUT2D eigenvalue weighted by Gasteiger charge is 2.16. The molecule has 108 valence electrons. The number of nitriles is 1. The Balaban J connectivity index is 2.12. The van der Waals surface area contributed by atoms with Gasteiger partial charge in [0.05, 0.1) is 23.8 Å². The first kappa shape index (κ1) is 13.9. The highest BCUT2D eigenvalue weighted by atomic mass is 16.5. The summed E-state index contributed by atoms with van der Waals surface area (Å²) in [4.78, 5) is 11.2. The second kappa shape index (κ2) is 5.74. The summed E-state index contributed by atoms with van der Waals surface area (Å²) in [5, 5.41) is 18.1. The van der Waals surface area contributed by atoms with Gasteiger partial charge in [-0.2, -0.15) is 5.26 Å². The van der Waals surface area contributed by atoms with Gasteiger partial charge in [-0.1, -0.05) is 18.2 Å². The Morgan fingerprint density at radius 2 is 1.95 bits per heavy atom. The van der Waals surface area contributed by atoms with Crippen LogP contribution in [0.25, 0.3) is 5.57 Å². The highest BCUT2D eigenvalue weighted by Crippen LogP contribution is 2.34. The van der Waals surface area contributed by atoms with Crippen molar-refractivity contribution >= 4 is 11.5 Å². The molecule has 0 amide bonds. The molecule has 0 aliphatic carbocycles. The van der Waals surface area contributed by atoms with Crippen molar-refractivity contribution in [3.63, 3.8) is 0 Å². The molecule has 0 bridgehead atoms. The average Bonchev–Trinajstić information content (AvgIpc) is 2.76. The largest absolute Gasteiger partial charge is 0.493 e. The monoisotopic (exact) mass is 291 g/mol. The summed E-state index contributed by atoms with van der Waals surface area (Å²) in [7, 11) is 0. The standard InChI is InChI=1S/C18H13NO3/c19-11-12-3-5-13(6-4-12)15-2-1-9-22-17-8-7-14(18(20)21)10-16(15)17/h2-8,10H,1,9H2,(H,20,21). The minimum atomic E-state index is -0.966. The summed E-state index contributed by atoms with van der Waals surface area (Å²) in [5.74, 6) is -0.288. The van der Waals surface area contributed by atoms with E-state index in [9.17, 15) is 9.90 Å². The first-order valence-electron chi connectivity index (χ1n) is 6.90. The molecular weight excluding hydrogens is 278 g/mol. The number of nitrogens with zero attached hydrogens (tertiary/aromatic N) is 1. The van der Waals surface area contributed by atoms with Crippen LogP contribution >= 0.6 is 0 Å². The molecule has 1 aliphatic rings. The van der Waals surface area contributed by atoms with Crippen LogP contribution in [0.5, 0.6) is 5.75 Å². The first-order chi connectivity index (χ1) is 10.7. The third-order valence-corrected chi connectivity index (χ3v) is 3.57.